The van der Waals surface area contributed by atoms with E-state index in [1.54, 1.807) is 0 Å². The molecule has 9 nitrogen and oxygen atoms in total. The van der Waals surface area contributed by atoms with Crippen molar-refractivity contribution in [2.45, 2.75) is 50.2 Å². The first-order chi connectivity index (χ1) is 14.9. The van der Waals surface area contributed by atoms with Crippen LogP contribution in [0.1, 0.15) is 64.7 Å². The van der Waals surface area contributed by atoms with Crippen molar-refractivity contribution < 1.29 is 23.9 Å². The number of methoxy groups -OCH3 is 2. The number of anilines is 1. The normalized spacial score (nSPS) is 14.2. The third kappa shape index (κ3) is 5.63. The molecule has 1 aliphatic carbocycles. The van der Waals surface area contributed by atoms with Crippen LogP contribution < -0.4 is 5.32 Å². The van der Waals surface area contributed by atoms with Crippen LogP contribution in [0.2, 0.25) is 0 Å². The smallest absolute Gasteiger partial charge is 0.337 e. The first-order valence-corrected chi connectivity index (χ1v) is 11.1. The predicted molar refractivity (Wildman–Crippen MR) is 115 cm³/mol. The molecular formula is C21H26N4O5S. The Morgan fingerprint density at radius 2 is 1.65 bits per heavy atom. The first kappa shape index (κ1) is 22.8. The number of nitrogens with zero attached hydrogens (tertiary/aromatic N) is 3. The highest BCUT2D eigenvalue weighted by Crippen LogP contribution is 2.32. The molecule has 3 rings (SSSR count). The Kier molecular flexibility index (Phi) is 7.67. The highest BCUT2D eigenvalue weighted by atomic mass is 32.2. The molecule has 10 heteroatoms. The van der Waals surface area contributed by atoms with Crippen molar-refractivity contribution in [1.29, 1.82) is 0 Å². The Balaban J connectivity index is 1.70. The lowest BCUT2D eigenvalue weighted by Crippen LogP contribution is -2.18. The van der Waals surface area contributed by atoms with Gasteiger partial charge in [-0.05, 0) is 38.0 Å². The Bertz CT molecular complexity index is 934. The molecule has 1 aromatic carbocycles. The van der Waals surface area contributed by atoms with E-state index in [1.807, 2.05) is 6.92 Å². The number of rotatable bonds is 7. The zero-order valence-electron chi connectivity index (χ0n) is 17.8. The molecule has 0 radical (unpaired) electrons. The van der Waals surface area contributed by atoms with Crippen molar-refractivity contribution in [3.8, 4) is 0 Å². The average molecular weight is 447 g/mol. The Morgan fingerprint density at radius 1 is 1.03 bits per heavy atom. The topological polar surface area (TPSA) is 112 Å². The molecular weight excluding hydrogens is 420 g/mol. The maximum absolute atomic E-state index is 12.6. The zero-order valence-corrected chi connectivity index (χ0v) is 18.7. The maximum Gasteiger partial charge on any atom is 0.337 e. The second-order valence-electron chi connectivity index (χ2n) is 7.31. The van der Waals surface area contributed by atoms with E-state index < -0.39 is 11.9 Å². The summed E-state index contributed by atoms with van der Waals surface area (Å²) in [5.41, 5.74) is 0.584. The van der Waals surface area contributed by atoms with Crippen molar-refractivity contribution in [3.63, 3.8) is 0 Å². The number of aromatic nitrogens is 3. The number of aryl methyl sites for hydroxylation is 1. The average Bonchev–Trinajstić information content (AvgIpc) is 3.17. The number of esters is 2. The van der Waals surface area contributed by atoms with Gasteiger partial charge in [0.05, 0.1) is 31.1 Å². The number of hydrogen-bond acceptors (Lipinski definition) is 8. The highest BCUT2D eigenvalue weighted by Gasteiger charge is 2.22. The first-order valence-electron chi connectivity index (χ1n) is 10.1. The van der Waals surface area contributed by atoms with Gasteiger partial charge in [-0.1, -0.05) is 31.0 Å². The standard InChI is InChI=1S/C21H26N4O5S/c1-13-23-24-21(25(13)17-7-5-4-6-8-17)31-12-18(26)22-16-10-14(19(27)29-2)9-15(11-16)20(28)30-3/h9-11,17H,4-8,12H2,1-3H3,(H,22,26). The molecule has 0 aliphatic heterocycles. The number of benzene rings is 1. The third-order valence-corrected chi connectivity index (χ3v) is 6.11. The Morgan fingerprint density at radius 3 is 2.23 bits per heavy atom. The van der Waals surface area contributed by atoms with Gasteiger partial charge in [0, 0.05) is 11.7 Å². The molecule has 1 aliphatic rings. The highest BCUT2D eigenvalue weighted by molar-refractivity contribution is 7.99. The van der Waals surface area contributed by atoms with E-state index >= 15 is 0 Å². The van der Waals surface area contributed by atoms with E-state index in [0.717, 1.165) is 23.8 Å². The van der Waals surface area contributed by atoms with E-state index in [-0.39, 0.29) is 22.8 Å². The lowest BCUT2D eigenvalue weighted by atomic mass is 9.95. The number of carbonyl (C=O) groups is 3. The molecule has 166 valence electrons. The zero-order chi connectivity index (χ0) is 22.4. The molecule has 0 atom stereocenters. The van der Waals surface area contributed by atoms with Crippen molar-refractivity contribution in [2.24, 2.45) is 0 Å². The fraction of sp³-hybridized carbons (Fsp3) is 0.476. The molecule has 2 aromatic rings. The molecule has 1 N–H and O–H groups in total. The van der Waals surface area contributed by atoms with Gasteiger partial charge in [0.25, 0.3) is 0 Å². The van der Waals surface area contributed by atoms with Crippen LogP contribution in [-0.2, 0) is 14.3 Å². The van der Waals surface area contributed by atoms with Crippen molar-refractivity contribution in [3.05, 3.63) is 35.2 Å². The largest absolute Gasteiger partial charge is 0.465 e. The summed E-state index contributed by atoms with van der Waals surface area (Å²) in [5.74, 6) is -0.568. The van der Waals surface area contributed by atoms with E-state index in [1.165, 1.54) is 63.4 Å². The van der Waals surface area contributed by atoms with Crippen LogP contribution in [0.15, 0.2) is 23.4 Å². The van der Waals surface area contributed by atoms with Crippen molar-refractivity contribution in [2.75, 3.05) is 25.3 Å². The van der Waals surface area contributed by atoms with Gasteiger partial charge in [0.2, 0.25) is 5.91 Å². The summed E-state index contributed by atoms with van der Waals surface area (Å²) in [6.45, 7) is 1.93. The van der Waals surface area contributed by atoms with Gasteiger partial charge in [0.15, 0.2) is 5.16 Å². The van der Waals surface area contributed by atoms with Gasteiger partial charge in [-0.3, -0.25) is 4.79 Å². The Hall–Kier alpha value is -2.88. The van der Waals surface area contributed by atoms with Crippen LogP contribution >= 0.6 is 11.8 Å². The van der Waals surface area contributed by atoms with Gasteiger partial charge < -0.3 is 19.4 Å². The fourth-order valence-corrected chi connectivity index (χ4v) is 4.56. The molecule has 31 heavy (non-hydrogen) atoms. The molecule has 0 saturated heterocycles. The van der Waals surface area contributed by atoms with Gasteiger partial charge >= 0.3 is 11.9 Å². The van der Waals surface area contributed by atoms with Gasteiger partial charge in [-0.15, -0.1) is 10.2 Å². The van der Waals surface area contributed by atoms with Crippen LogP contribution in [-0.4, -0.2) is 52.6 Å². The molecule has 1 amide bonds. The molecule has 0 bridgehead atoms. The second kappa shape index (κ2) is 10.4. The predicted octanol–water partition coefficient (Wildman–Crippen LogP) is 3.40. The molecule has 1 heterocycles. The summed E-state index contributed by atoms with van der Waals surface area (Å²) in [6.07, 6.45) is 5.81. The van der Waals surface area contributed by atoms with Crippen LogP contribution in [0.3, 0.4) is 0 Å². The summed E-state index contributed by atoms with van der Waals surface area (Å²) in [7, 11) is 2.49. The number of hydrogen-bond donors (Lipinski definition) is 1. The van der Waals surface area contributed by atoms with E-state index in [9.17, 15) is 14.4 Å². The minimum absolute atomic E-state index is 0.112. The van der Waals surface area contributed by atoms with E-state index in [2.05, 4.69) is 20.1 Å². The van der Waals surface area contributed by atoms with Crippen LogP contribution in [0, 0.1) is 6.92 Å². The quantitative estimate of drug-likeness (QED) is 0.509. The molecule has 0 spiro atoms. The van der Waals surface area contributed by atoms with E-state index in [0.29, 0.717) is 11.7 Å². The van der Waals surface area contributed by atoms with Crippen molar-refractivity contribution in [1.82, 2.24) is 14.8 Å². The SMILES string of the molecule is COC(=O)c1cc(NC(=O)CSc2nnc(C)n2C2CCCCC2)cc(C(=O)OC)c1. The number of carbonyl (C=O) groups excluding carboxylic acids is 3. The summed E-state index contributed by atoms with van der Waals surface area (Å²) < 4.78 is 11.6. The van der Waals surface area contributed by atoms with Crippen LogP contribution in [0.25, 0.3) is 0 Å². The number of ether oxygens (including phenoxy) is 2. The lowest BCUT2D eigenvalue weighted by molar-refractivity contribution is -0.113. The van der Waals surface area contributed by atoms with Crippen LogP contribution in [0.4, 0.5) is 5.69 Å². The van der Waals surface area contributed by atoms with Gasteiger partial charge in [-0.2, -0.15) is 0 Å². The fourth-order valence-electron chi connectivity index (χ4n) is 3.71. The van der Waals surface area contributed by atoms with E-state index in [4.69, 9.17) is 9.47 Å². The minimum Gasteiger partial charge on any atom is -0.465 e. The summed E-state index contributed by atoms with van der Waals surface area (Å²) in [4.78, 5) is 36.4. The summed E-state index contributed by atoms with van der Waals surface area (Å²) in [5, 5.41) is 11.9. The maximum atomic E-state index is 12.6. The van der Waals surface area contributed by atoms with Crippen molar-refractivity contribution >= 4 is 35.3 Å². The summed E-state index contributed by atoms with van der Waals surface area (Å²) in [6, 6.07) is 4.64. The molecule has 1 saturated carbocycles. The number of thioether (sulfide) groups is 1. The second-order valence-corrected chi connectivity index (χ2v) is 8.25. The lowest BCUT2D eigenvalue weighted by Gasteiger charge is -2.24. The molecule has 0 unspecified atom stereocenters. The Labute approximate surface area is 184 Å². The number of amides is 1. The van der Waals surface area contributed by atoms with Gasteiger partial charge in [0.1, 0.15) is 5.82 Å². The summed E-state index contributed by atoms with van der Waals surface area (Å²) >= 11 is 1.31. The van der Waals surface area contributed by atoms with Gasteiger partial charge in [-0.25, -0.2) is 9.59 Å². The monoisotopic (exact) mass is 446 g/mol. The molecule has 1 aromatic heterocycles. The minimum atomic E-state index is -0.619. The van der Waals surface area contributed by atoms with Crippen LogP contribution in [0.5, 0.6) is 0 Å². The third-order valence-electron chi connectivity index (χ3n) is 5.17. The number of nitrogens with one attached hydrogen (secondary N) is 1. The molecule has 1 fully saturated rings.